The van der Waals surface area contributed by atoms with E-state index < -0.39 is 0 Å². The van der Waals surface area contributed by atoms with Gasteiger partial charge in [0, 0.05) is 22.5 Å². The van der Waals surface area contributed by atoms with Crippen LogP contribution in [0.4, 0.5) is 11.4 Å². The van der Waals surface area contributed by atoms with Crippen LogP contribution in [-0.4, -0.2) is 11.7 Å². The lowest BCUT2D eigenvalue weighted by molar-refractivity contribution is 1.05. The minimum absolute atomic E-state index is 0.562. The number of nitrogens with one attached hydrogen (secondary N) is 2. The molecule has 0 aromatic heterocycles. The molecule has 0 radical (unpaired) electrons. The number of amidine groups is 2. The maximum absolute atomic E-state index is 8.52. The van der Waals surface area contributed by atoms with Crippen molar-refractivity contribution in [2.45, 2.75) is 13.1 Å². The van der Waals surface area contributed by atoms with Crippen LogP contribution >= 0.6 is 0 Å². The van der Waals surface area contributed by atoms with E-state index in [2.05, 4.69) is 60.7 Å². The summed E-state index contributed by atoms with van der Waals surface area (Å²) in [7, 11) is 0. The molecule has 0 fully saturated rings. The summed E-state index contributed by atoms with van der Waals surface area (Å²) in [5.74, 6) is 1.12. The molecule has 0 atom stereocenters. The first-order valence-corrected chi connectivity index (χ1v) is 10.8. The zero-order valence-electron chi connectivity index (χ0n) is 17.5. The highest BCUT2D eigenvalue weighted by atomic mass is 15.2. The van der Waals surface area contributed by atoms with Gasteiger partial charge in [-0.25, -0.2) is 0 Å². The van der Waals surface area contributed by atoms with E-state index in [1.807, 2.05) is 46.2 Å². The summed E-state index contributed by atoms with van der Waals surface area (Å²) in [6.45, 7) is 1.49. The molecule has 2 N–H and O–H groups in total. The van der Waals surface area contributed by atoms with Gasteiger partial charge in [0.15, 0.2) is 0 Å². The third kappa shape index (κ3) is 2.92. The fourth-order valence-electron chi connectivity index (χ4n) is 4.68. The zero-order valence-corrected chi connectivity index (χ0v) is 17.5. The lowest BCUT2D eigenvalue weighted by Crippen LogP contribution is -2.23. The molecule has 0 amide bonds. The molecule has 0 saturated carbocycles. The lowest BCUT2D eigenvalue weighted by atomic mass is 10.0. The molecule has 4 aromatic rings. The Kier molecular flexibility index (Phi) is 4.18. The summed E-state index contributed by atoms with van der Waals surface area (Å²) in [4.78, 5) is 4.10. The molecule has 0 saturated heterocycles. The van der Waals surface area contributed by atoms with Crippen molar-refractivity contribution >= 4 is 23.0 Å². The second-order valence-corrected chi connectivity index (χ2v) is 8.28. The number of hydrogen-bond donors (Lipinski definition) is 2. The third-order valence-electron chi connectivity index (χ3n) is 6.43. The number of fused-ring (bicyclic) bond motifs is 2. The van der Waals surface area contributed by atoms with Crippen LogP contribution in [0.3, 0.4) is 0 Å². The maximum atomic E-state index is 8.52. The van der Waals surface area contributed by atoms with E-state index in [-0.39, 0.29) is 0 Å². The highest BCUT2D eigenvalue weighted by Gasteiger charge is 2.25. The normalized spacial score (nSPS) is 14.6. The topological polar surface area (TPSA) is 54.2 Å². The van der Waals surface area contributed by atoms with E-state index in [0.717, 1.165) is 46.7 Å². The fraction of sp³-hybridized carbons (Fsp3) is 0.0714. The summed E-state index contributed by atoms with van der Waals surface area (Å²) in [5.41, 5.74) is 8.79. The van der Waals surface area contributed by atoms with Crippen molar-refractivity contribution in [2.24, 2.45) is 0 Å². The van der Waals surface area contributed by atoms with Crippen molar-refractivity contribution in [1.82, 2.24) is 0 Å². The van der Waals surface area contributed by atoms with Crippen LogP contribution in [0.15, 0.2) is 97.1 Å². The van der Waals surface area contributed by atoms with Crippen LogP contribution < -0.4 is 9.80 Å². The van der Waals surface area contributed by atoms with Crippen molar-refractivity contribution < 1.29 is 0 Å². The summed E-state index contributed by atoms with van der Waals surface area (Å²) in [6, 6.07) is 33.1. The molecule has 2 aliphatic rings. The van der Waals surface area contributed by atoms with Crippen LogP contribution in [0.25, 0.3) is 11.1 Å². The van der Waals surface area contributed by atoms with Gasteiger partial charge >= 0.3 is 0 Å². The molecule has 4 heteroatoms. The Balaban J connectivity index is 1.21. The van der Waals surface area contributed by atoms with Crippen LogP contribution in [0.5, 0.6) is 0 Å². The largest absolute Gasteiger partial charge is 0.322 e. The van der Waals surface area contributed by atoms with E-state index in [9.17, 15) is 0 Å². The first kappa shape index (κ1) is 18.6. The minimum atomic E-state index is 0.562. The first-order chi connectivity index (χ1) is 15.7. The van der Waals surface area contributed by atoms with Crippen LogP contribution in [-0.2, 0) is 13.1 Å². The first-order valence-electron chi connectivity index (χ1n) is 10.8. The standard InChI is InChI=1S/C28H22N4/c29-27-25-7-3-1-5-21(25)17-31(27)23-13-9-19(10-14-23)20-11-15-24(16-12-20)32-18-22-6-2-4-8-26(22)28(32)30/h1-16,29-30H,17-18H2. The van der Waals surface area contributed by atoms with Crippen LogP contribution in [0, 0.1) is 10.8 Å². The molecular formula is C28H22N4. The molecule has 0 spiro atoms. The average molecular weight is 415 g/mol. The summed E-state index contributed by atoms with van der Waals surface area (Å²) < 4.78 is 0. The van der Waals surface area contributed by atoms with Gasteiger partial charge in [0.2, 0.25) is 0 Å². The van der Waals surface area contributed by atoms with Gasteiger partial charge in [0.25, 0.3) is 0 Å². The van der Waals surface area contributed by atoms with Gasteiger partial charge in [-0.3, -0.25) is 10.8 Å². The molecule has 2 aliphatic heterocycles. The summed E-state index contributed by atoms with van der Waals surface area (Å²) >= 11 is 0. The molecule has 0 bridgehead atoms. The van der Waals surface area contributed by atoms with E-state index in [0.29, 0.717) is 11.7 Å². The number of benzene rings is 4. The molecule has 2 heterocycles. The molecule has 4 aromatic carbocycles. The van der Waals surface area contributed by atoms with Crippen LogP contribution in [0.2, 0.25) is 0 Å². The van der Waals surface area contributed by atoms with Gasteiger partial charge in [-0.15, -0.1) is 0 Å². The highest BCUT2D eigenvalue weighted by Crippen LogP contribution is 2.32. The van der Waals surface area contributed by atoms with E-state index in [1.54, 1.807) is 0 Å². The molecular weight excluding hydrogens is 392 g/mol. The zero-order chi connectivity index (χ0) is 21.7. The maximum Gasteiger partial charge on any atom is 0.133 e. The van der Waals surface area contributed by atoms with Gasteiger partial charge in [-0.2, -0.15) is 0 Å². The average Bonchev–Trinajstić information content (AvgIpc) is 3.37. The molecule has 0 aliphatic carbocycles. The van der Waals surface area contributed by atoms with Gasteiger partial charge in [0.05, 0.1) is 13.1 Å². The summed E-state index contributed by atoms with van der Waals surface area (Å²) in [5, 5.41) is 17.0. The van der Waals surface area contributed by atoms with Crippen molar-refractivity contribution in [3.63, 3.8) is 0 Å². The lowest BCUT2D eigenvalue weighted by Gasteiger charge is -2.19. The molecule has 32 heavy (non-hydrogen) atoms. The van der Waals surface area contributed by atoms with Crippen molar-refractivity contribution in [3.8, 4) is 11.1 Å². The molecule has 6 rings (SSSR count). The Bertz CT molecular complexity index is 1250. The van der Waals surface area contributed by atoms with Crippen molar-refractivity contribution in [2.75, 3.05) is 9.80 Å². The van der Waals surface area contributed by atoms with Crippen molar-refractivity contribution in [3.05, 3.63) is 119 Å². The Hall–Kier alpha value is -4.18. The predicted molar refractivity (Wildman–Crippen MR) is 131 cm³/mol. The van der Waals surface area contributed by atoms with Gasteiger partial charge in [-0.1, -0.05) is 72.8 Å². The number of nitrogens with zero attached hydrogens (tertiary/aromatic N) is 2. The Morgan fingerprint density at radius 1 is 0.469 bits per heavy atom. The second kappa shape index (κ2) is 7.20. The Labute approximate surface area is 187 Å². The summed E-state index contributed by atoms with van der Waals surface area (Å²) in [6.07, 6.45) is 0. The number of anilines is 2. The van der Waals surface area contributed by atoms with E-state index in [1.165, 1.54) is 11.1 Å². The Morgan fingerprint density at radius 2 is 0.844 bits per heavy atom. The quantitative estimate of drug-likeness (QED) is 0.429. The van der Waals surface area contributed by atoms with Gasteiger partial charge in [0.1, 0.15) is 11.7 Å². The molecule has 0 unspecified atom stereocenters. The van der Waals surface area contributed by atoms with Crippen LogP contribution in [0.1, 0.15) is 22.3 Å². The van der Waals surface area contributed by atoms with E-state index >= 15 is 0 Å². The molecule has 4 nitrogen and oxygen atoms in total. The highest BCUT2D eigenvalue weighted by molar-refractivity contribution is 6.12. The predicted octanol–water partition coefficient (Wildman–Crippen LogP) is 6.04. The fourth-order valence-corrected chi connectivity index (χ4v) is 4.68. The van der Waals surface area contributed by atoms with Gasteiger partial charge in [-0.05, 0) is 46.5 Å². The molecule has 154 valence electrons. The second-order valence-electron chi connectivity index (χ2n) is 8.28. The smallest absolute Gasteiger partial charge is 0.133 e. The van der Waals surface area contributed by atoms with E-state index in [4.69, 9.17) is 10.8 Å². The Morgan fingerprint density at radius 3 is 1.22 bits per heavy atom. The minimum Gasteiger partial charge on any atom is -0.322 e. The number of hydrogen-bond acceptors (Lipinski definition) is 2. The monoisotopic (exact) mass is 414 g/mol. The van der Waals surface area contributed by atoms with Crippen molar-refractivity contribution in [1.29, 1.82) is 10.8 Å². The number of rotatable bonds is 3. The van der Waals surface area contributed by atoms with Gasteiger partial charge < -0.3 is 9.80 Å². The third-order valence-corrected chi connectivity index (χ3v) is 6.43. The SMILES string of the molecule is N=C1c2ccccc2CN1c1ccc(-c2ccc(N3Cc4ccccc4C3=N)cc2)cc1.